The van der Waals surface area contributed by atoms with Crippen LogP contribution in [0.1, 0.15) is 36.0 Å². The maximum absolute atomic E-state index is 14.2. The summed E-state index contributed by atoms with van der Waals surface area (Å²) in [7, 11) is -5.66. The van der Waals surface area contributed by atoms with Crippen LogP contribution in [0.25, 0.3) is 0 Å². The molecule has 0 spiro atoms. The van der Waals surface area contributed by atoms with Gasteiger partial charge in [-0.15, -0.1) is 0 Å². The Bertz CT molecular complexity index is 1290. The fourth-order valence-corrected chi connectivity index (χ4v) is 5.56. The molecule has 0 saturated heterocycles. The molecule has 2 fully saturated rings. The molecule has 34 heavy (non-hydrogen) atoms. The smallest absolute Gasteiger partial charge is 0.343 e. The highest BCUT2D eigenvalue weighted by Gasteiger charge is 2.44. The van der Waals surface area contributed by atoms with Crippen molar-refractivity contribution in [2.24, 2.45) is 17.8 Å². The third kappa shape index (κ3) is 4.52. The van der Waals surface area contributed by atoms with Crippen molar-refractivity contribution in [1.82, 2.24) is 0 Å². The van der Waals surface area contributed by atoms with E-state index in [1.54, 1.807) is 0 Å². The monoisotopic (exact) mass is 614 g/mol. The molecular formula is C21H15F4IO7S. The Labute approximate surface area is 204 Å². The lowest BCUT2D eigenvalue weighted by Gasteiger charge is -2.20. The molecule has 0 aliphatic heterocycles. The summed E-state index contributed by atoms with van der Waals surface area (Å²) in [5.41, 5.74) is -0.366. The Balaban J connectivity index is 1.58. The lowest BCUT2D eigenvalue weighted by Crippen LogP contribution is -2.25. The predicted molar refractivity (Wildman–Crippen MR) is 115 cm³/mol. The Morgan fingerprint density at radius 2 is 1.62 bits per heavy atom. The first-order valence-corrected chi connectivity index (χ1v) is 12.5. The van der Waals surface area contributed by atoms with Gasteiger partial charge >= 0.3 is 22.1 Å². The first-order chi connectivity index (χ1) is 15.9. The first kappa shape index (κ1) is 24.9. The number of fused-ring (bicyclic) bond motifs is 2. The number of halogens is 5. The van der Waals surface area contributed by atoms with Gasteiger partial charge in [0, 0.05) is 0 Å². The normalized spacial score (nSPS) is 21.5. The second kappa shape index (κ2) is 9.07. The van der Waals surface area contributed by atoms with Crippen LogP contribution in [-0.2, 0) is 14.9 Å². The van der Waals surface area contributed by atoms with Crippen molar-refractivity contribution >= 4 is 44.6 Å². The van der Waals surface area contributed by atoms with Gasteiger partial charge in [-0.2, -0.15) is 17.2 Å². The van der Waals surface area contributed by atoms with E-state index in [9.17, 15) is 35.6 Å². The molecular weight excluding hydrogens is 599 g/mol. The molecule has 182 valence electrons. The largest absolute Gasteiger partial charge is 0.425 e. The number of carbonyl (C=O) groups excluding carboxylic acids is 2. The summed E-state index contributed by atoms with van der Waals surface area (Å²) in [5.74, 6) is -12.9. The van der Waals surface area contributed by atoms with E-state index < -0.39 is 56.0 Å². The highest BCUT2D eigenvalue weighted by Crippen LogP contribution is 2.48. The third-order valence-corrected chi connectivity index (χ3v) is 7.82. The lowest BCUT2D eigenvalue weighted by atomic mass is 9.89. The van der Waals surface area contributed by atoms with E-state index in [1.165, 1.54) is 6.07 Å². The van der Waals surface area contributed by atoms with Crippen LogP contribution in [-0.4, -0.2) is 24.9 Å². The van der Waals surface area contributed by atoms with Gasteiger partial charge in [-0.05, 0) is 71.9 Å². The number of rotatable bonds is 5. The highest BCUT2D eigenvalue weighted by atomic mass is 127. The molecule has 4 rings (SSSR count). The quantitative estimate of drug-likeness (QED) is 0.131. The molecule has 2 bridgehead atoms. The number of carbonyl (C=O) groups is 2. The SMILES string of the molecule is O=C(Oc1c(F)c(F)c(S(=O)(=O)O)c(F)c1F)c1ccc(I)c(OC(=O)C2CC3CCC2C3)c1. The van der Waals surface area contributed by atoms with E-state index in [1.807, 2.05) is 22.6 Å². The van der Waals surface area contributed by atoms with Gasteiger partial charge in [-0.25, -0.2) is 13.6 Å². The minimum absolute atomic E-state index is 0.0112. The third-order valence-electron chi connectivity index (χ3n) is 6.05. The van der Waals surface area contributed by atoms with Crippen molar-refractivity contribution in [3.63, 3.8) is 0 Å². The number of benzene rings is 2. The molecule has 0 radical (unpaired) electrons. The molecule has 0 amide bonds. The molecule has 2 aliphatic rings. The maximum atomic E-state index is 14.2. The van der Waals surface area contributed by atoms with Crippen molar-refractivity contribution in [2.75, 3.05) is 0 Å². The predicted octanol–water partition coefficient (Wildman–Crippen LogP) is 4.66. The molecule has 7 nitrogen and oxygen atoms in total. The van der Waals surface area contributed by atoms with Gasteiger partial charge in [0.15, 0.2) is 16.5 Å². The van der Waals surface area contributed by atoms with Crippen molar-refractivity contribution in [3.8, 4) is 11.5 Å². The van der Waals surface area contributed by atoms with Gasteiger partial charge in [0.05, 0.1) is 15.1 Å². The van der Waals surface area contributed by atoms with Crippen molar-refractivity contribution < 1.29 is 49.6 Å². The molecule has 2 aromatic carbocycles. The van der Waals surface area contributed by atoms with Crippen LogP contribution in [0.15, 0.2) is 23.1 Å². The Morgan fingerprint density at radius 3 is 2.15 bits per heavy atom. The van der Waals surface area contributed by atoms with Crippen LogP contribution in [0.4, 0.5) is 17.6 Å². The minimum Gasteiger partial charge on any atom is -0.425 e. The van der Waals surface area contributed by atoms with Crippen molar-refractivity contribution in [1.29, 1.82) is 0 Å². The van der Waals surface area contributed by atoms with Gasteiger partial charge in [-0.1, -0.05) is 6.42 Å². The van der Waals surface area contributed by atoms with Crippen LogP contribution < -0.4 is 9.47 Å². The molecule has 0 heterocycles. The molecule has 2 saturated carbocycles. The van der Waals surface area contributed by atoms with E-state index in [0.717, 1.165) is 37.8 Å². The molecule has 3 unspecified atom stereocenters. The second-order valence-electron chi connectivity index (χ2n) is 8.13. The summed E-state index contributed by atoms with van der Waals surface area (Å²) in [5, 5.41) is 0. The number of esters is 2. The van der Waals surface area contributed by atoms with Crippen LogP contribution >= 0.6 is 22.6 Å². The number of hydrogen-bond donors (Lipinski definition) is 1. The molecule has 2 aliphatic carbocycles. The Hall–Kier alpha value is -2.26. The summed E-state index contributed by atoms with van der Waals surface area (Å²) in [6.07, 6.45) is 3.70. The lowest BCUT2D eigenvalue weighted by molar-refractivity contribution is -0.140. The zero-order valence-electron chi connectivity index (χ0n) is 17.0. The van der Waals surface area contributed by atoms with E-state index >= 15 is 0 Å². The number of hydrogen-bond acceptors (Lipinski definition) is 6. The zero-order valence-corrected chi connectivity index (χ0v) is 20.0. The van der Waals surface area contributed by atoms with Gasteiger partial charge in [0.2, 0.25) is 17.4 Å². The van der Waals surface area contributed by atoms with E-state index in [4.69, 9.17) is 9.29 Å². The summed E-state index contributed by atoms with van der Waals surface area (Å²) >= 11 is 1.85. The standard InChI is InChI=1S/C21H15F4IO7S/c22-14-16(24)19(34(29,30)31)17(25)15(23)18(14)33-20(27)10-3-4-12(26)13(7-10)32-21(28)11-6-8-1-2-9(11)5-8/h3-4,7-9,11H,1-2,5-6H2,(H,29,30,31). The van der Waals surface area contributed by atoms with E-state index in [-0.39, 0.29) is 23.1 Å². The van der Waals surface area contributed by atoms with Gasteiger partial charge in [-0.3, -0.25) is 9.35 Å². The van der Waals surface area contributed by atoms with Crippen LogP contribution in [0.2, 0.25) is 0 Å². The zero-order chi connectivity index (χ0) is 24.9. The molecule has 1 N–H and O–H groups in total. The summed E-state index contributed by atoms with van der Waals surface area (Å²) in [6, 6.07) is 3.59. The fourth-order valence-electron chi connectivity index (χ4n) is 4.49. The van der Waals surface area contributed by atoms with Crippen LogP contribution in [0, 0.1) is 44.6 Å². The molecule has 2 aromatic rings. The van der Waals surface area contributed by atoms with Crippen LogP contribution in [0.3, 0.4) is 0 Å². The Morgan fingerprint density at radius 1 is 0.971 bits per heavy atom. The second-order valence-corrected chi connectivity index (χ2v) is 10.6. The summed E-state index contributed by atoms with van der Waals surface area (Å²) < 4.78 is 97.4. The van der Waals surface area contributed by atoms with Crippen molar-refractivity contribution in [3.05, 3.63) is 50.6 Å². The summed E-state index contributed by atoms with van der Waals surface area (Å²) in [4.78, 5) is 22.8. The van der Waals surface area contributed by atoms with Crippen LogP contribution in [0.5, 0.6) is 11.5 Å². The maximum Gasteiger partial charge on any atom is 0.343 e. The number of ether oxygens (including phenoxy) is 2. The minimum atomic E-state index is -5.66. The van der Waals surface area contributed by atoms with Gasteiger partial charge < -0.3 is 9.47 Å². The van der Waals surface area contributed by atoms with E-state index in [2.05, 4.69) is 4.74 Å². The average molecular weight is 614 g/mol. The molecule has 3 atom stereocenters. The highest BCUT2D eigenvalue weighted by molar-refractivity contribution is 14.1. The van der Waals surface area contributed by atoms with Crippen molar-refractivity contribution in [2.45, 2.75) is 30.6 Å². The average Bonchev–Trinajstić information content (AvgIpc) is 3.39. The molecule has 0 aromatic heterocycles. The van der Waals surface area contributed by atoms with E-state index in [0.29, 0.717) is 9.49 Å². The topological polar surface area (TPSA) is 107 Å². The Kier molecular flexibility index (Phi) is 6.63. The fraction of sp³-hybridized carbons (Fsp3) is 0.333. The summed E-state index contributed by atoms with van der Waals surface area (Å²) in [6.45, 7) is 0. The van der Waals surface area contributed by atoms with Gasteiger partial charge in [0.1, 0.15) is 5.75 Å². The van der Waals surface area contributed by atoms with Gasteiger partial charge in [0.25, 0.3) is 0 Å². The first-order valence-electron chi connectivity index (χ1n) is 9.95. The molecule has 13 heteroatoms.